The molecular weight excluding hydrogens is 380 g/mol. The molecule has 1 N–H and O–H groups in total. The predicted molar refractivity (Wildman–Crippen MR) is 119 cm³/mol. The van der Waals surface area contributed by atoms with Gasteiger partial charge >= 0.3 is 0 Å². The number of aromatic nitrogens is 1. The van der Waals surface area contributed by atoms with E-state index in [-0.39, 0.29) is 5.91 Å². The molecule has 0 atom stereocenters. The molecule has 3 nitrogen and oxygen atoms in total. The Balaban J connectivity index is 1.44. The number of hydrogen-bond acceptors (Lipinski definition) is 1. The Morgan fingerprint density at radius 3 is 2.38 bits per heavy atom. The van der Waals surface area contributed by atoms with E-state index in [4.69, 9.17) is 11.6 Å². The van der Waals surface area contributed by atoms with Crippen LogP contribution < -0.4 is 5.32 Å². The van der Waals surface area contributed by atoms with Gasteiger partial charge in [-0.05, 0) is 41.3 Å². The van der Waals surface area contributed by atoms with Crippen LogP contribution in [0.4, 0.5) is 0 Å². The van der Waals surface area contributed by atoms with Crippen LogP contribution in [-0.4, -0.2) is 10.5 Å². The average Bonchev–Trinajstić information content (AvgIpc) is 3.11. The summed E-state index contributed by atoms with van der Waals surface area (Å²) in [5, 5.41) is 4.96. The first-order valence-electron chi connectivity index (χ1n) is 9.81. The van der Waals surface area contributed by atoms with E-state index in [9.17, 15) is 4.79 Å². The van der Waals surface area contributed by atoms with Crippen LogP contribution in [0.1, 0.15) is 23.1 Å². The lowest BCUT2D eigenvalue weighted by Crippen LogP contribution is -2.22. The molecule has 0 aliphatic rings. The van der Waals surface area contributed by atoms with Crippen LogP contribution in [0.3, 0.4) is 0 Å². The first kappa shape index (κ1) is 19.3. The normalized spacial score (nSPS) is 10.9. The van der Waals surface area contributed by atoms with Gasteiger partial charge in [-0.1, -0.05) is 72.3 Å². The number of fused-ring (bicyclic) bond motifs is 1. The van der Waals surface area contributed by atoms with Crippen LogP contribution in [0.2, 0.25) is 5.02 Å². The van der Waals surface area contributed by atoms with Crippen molar-refractivity contribution in [2.24, 2.45) is 0 Å². The summed E-state index contributed by atoms with van der Waals surface area (Å²) in [6.45, 7) is 1.34. The van der Waals surface area contributed by atoms with E-state index in [1.807, 2.05) is 60.7 Å². The molecule has 0 aliphatic heterocycles. The summed E-state index contributed by atoms with van der Waals surface area (Å²) < 4.78 is 2.25. The molecular formula is C25H23ClN2O. The van der Waals surface area contributed by atoms with Crippen LogP contribution in [0.15, 0.2) is 85.1 Å². The third-order valence-electron chi connectivity index (χ3n) is 5.09. The molecule has 146 valence electrons. The minimum atomic E-state index is 0.0726. The Kier molecular flexibility index (Phi) is 5.97. The smallest absolute Gasteiger partial charge is 0.220 e. The van der Waals surface area contributed by atoms with Crippen LogP contribution in [-0.2, 0) is 24.3 Å². The van der Waals surface area contributed by atoms with Gasteiger partial charge in [0.15, 0.2) is 0 Å². The number of carbonyl (C=O) groups is 1. The quantitative estimate of drug-likeness (QED) is 0.429. The van der Waals surface area contributed by atoms with Crippen molar-refractivity contribution in [1.82, 2.24) is 9.88 Å². The minimum absolute atomic E-state index is 0.0726. The lowest BCUT2D eigenvalue weighted by molar-refractivity contribution is -0.121. The van der Waals surface area contributed by atoms with Gasteiger partial charge in [-0.15, -0.1) is 0 Å². The van der Waals surface area contributed by atoms with Crippen molar-refractivity contribution < 1.29 is 4.79 Å². The number of amides is 1. The zero-order valence-corrected chi connectivity index (χ0v) is 16.9. The van der Waals surface area contributed by atoms with Crippen LogP contribution >= 0.6 is 11.6 Å². The monoisotopic (exact) mass is 402 g/mol. The zero-order valence-electron chi connectivity index (χ0n) is 16.1. The van der Waals surface area contributed by atoms with Crippen molar-refractivity contribution in [3.63, 3.8) is 0 Å². The molecule has 0 unspecified atom stereocenters. The number of halogens is 1. The fourth-order valence-electron chi connectivity index (χ4n) is 3.57. The van der Waals surface area contributed by atoms with E-state index in [2.05, 4.69) is 34.3 Å². The van der Waals surface area contributed by atoms with E-state index in [0.717, 1.165) is 23.6 Å². The molecule has 0 saturated carbocycles. The summed E-state index contributed by atoms with van der Waals surface area (Å²) in [5.74, 6) is 0.0726. The summed E-state index contributed by atoms with van der Waals surface area (Å²) in [6, 6.07) is 26.3. The Hall–Kier alpha value is -3.04. The number of benzene rings is 3. The van der Waals surface area contributed by atoms with Gasteiger partial charge in [-0.3, -0.25) is 4.79 Å². The van der Waals surface area contributed by atoms with E-state index < -0.39 is 0 Å². The van der Waals surface area contributed by atoms with Crippen molar-refractivity contribution in [1.29, 1.82) is 0 Å². The van der Waals surface area contributed by atoms with Crippen molar-refractivity contribution >= 4 is 28.4 Å². The number of aryl methyl sites for hydroxylation is 1. The maximum absolute atomic E-state index is 12.3. The van der Waals surface area contributed by atoms with Crippen molar-refractivity contribution in [3.05, 3.63) is 107 Å². The maximum Gasteiger partial charge on any atom is 0.220 e. The second-order valence-corrected chi connectivity index (χ2v) is 7.62. The number of para-hydroxylation sites is 1. The third-order valence-corrected chi connectivity index (χ3v) is 5.34. The van der Waals surface area contributed by atoms with Gasteiger partial charge in [0.25, 0.3) is 0 Å². The van der Waals surface area contributed by atoms with E-state index in [1.54, 1.807) is 0 Å². The highest BCUT2D eigenvalue weighted by Gasteiger charge is 2.10. The standard InChI is InChI=1S/C25H23ClN2O/c26-22-13-10-20(11-14-22)17-28-18-21(23-8-4-5-9-24(23)28)12-15-25(29)27-16-19-6-2-1-3-7-19/h1-11,13-14,18H,12,15-17H2,(H,27,29). The molecule has 1 amide bonds. The molecule has 29 heavy (non-hydrogen) atoms. The van der Waals surface area contributed by atoms with Crippen molar-refractivity contribution in [2.45, 2.75) is 25.9 Å². The Morgan fingerprint density at radius 2 is 1.59 bits per heavy atom. The van der Waals surface area contributed by atoms with Gasteiger partial charge in [0.2, 0.25) is 5.91 Å². The third kappa shape index (κ3) is 4.87. The predicted octanol–water partition coefficient (Wildman–Crippen LogP) is 5.59. The number of rotatable bonds is 7. The van der Waals surface area contributed by atoms with Crippen LogP contribution in [0.25, 0.3) is 10.9 Å². The molecule has 1 heterocycles. The second-order valence-electron chi connectivity index (χ2n) is 7.19. The molecule has 0 saturated heterocycles. The highest BCUT2D eigenvalue weighted by molar-refractivity contribution is 6.30. The molecule has 4 heteroatoms. The van der Waals surface area contributed by atoms with Crippen LogP contribution in [0.5, 0.6) is 0 Å². The van der Waals surface area contributed by atoms with Gasteiger partial charge < -0.3 is 9.88 Å². The fraction of sp³-hybridized carbons (Fsp3) is 0.160. The largest absolute Gasteiger partial charge is 0.352 e. The number of hydrogen-bond donors (Lipinski definition) is 1. The van der Waals surface area contributed by atoms with Gasteiger partial charge in [-0.25, -0.2) is 0 Å². The van der Waals surface area contributed by atoms with Gasteiger partial charge in [0.1, 0.15) is 0 Å². The van der Waals surface area contributed by atoms with E-state index in [1.165, 1.54) is 22.0 Å². The summed E-state index contributed by atoms with van der Waals surface area (Å²) >= 11 is 6.00. The molecule has 0 fully saturated rings. The molecule has 0 spiro atoms. The summed E-state index contributed by atoms with van der Waals surface area (Å²) in [5.41, 5.74) is 4.69. The molecule has 0 bridgehead atoms. The Morgan fingerprint density at radius 1 is 0.862 bits per heavy atom. The molecule has 3 aromatic carbocycles. The highest BCUT2D eigenvalue weighted by atomic mass is 35.5. The SMILES string of the molecule is O=C(CCc1cn(Cc2ccc(Cl)cc2)c2ccccc12)NCc1ccccc1. The molecule has 0 radical (unpaired) electrons. The number of carbonyl (C=O) groups excluding carboxylic acids is 1. The molecule has 4 rings (SSSR count). The van der Waals surface area contributed by atoms with Gasteiger partial charge in [0.05, 0.1) is 0 Å². The summed E-state index contributed by atoms with van der Waals surface area (Å²) in [4.78, 5) is 12.3. The Labute approximate surface area is 175 Å². The lowest BCUT2D eigenvalue weighted by atomic mass is 10.1. The fourth-order valence-corrected chi connectivity index (χ4v) is 3.70. The van der Waals surface area contributed by atoms with Crippen molar-refractivity contribution in [3.8, 4) is 0 Å². The Bertz CT molecular complexity index is 1100. The van der Waals surface area contributed by atoms with E-state index in [0.29, 0.717) is 13.0 Å². The topological polar surface area (TPSA) is 34.0 Å². The highest BCUT2D eigenvalue weighted by Crippen LogP contribution is 2.24. The minimum Gasteiger partial charge on any atom is -0.352 e. The molecule has 0 aliphatic carbocycles. The zero-order chi connectivity index (χ0) is 20.1. The lowest BCUT2D eigenvalue weighted by Gasteiger charge is -2.06. The first-order valence-corrected chi connectivity index (χ1v) is 10.2. The first-order chi connectivity index (χ1) is 14.2. The second kappa shape index (κ2) is 8.97. The van der Waals surface area contributed by atoms with Gasteiger partial charge in [0, 0.05) is 41.6 Å². The summed E-state index contributed by atoms with van der Waals surface area (Å²) in [7, 11) is 0. The number of nitrogens with zero attached hydrogens (tertiary/aromatic N) is 1. The maximum atomic E-state index is 12.3. The molecule has 4 aromatic rings. The van der Waals surface area contributed by atoms with E-state index >= 15 is 0 Å². The van der Waals surface area contributed by atoms with Gasteiger partial charge in [-0.2, -0.15) is 0 Å². The molecule has 1 aromatic heterocycles. The average molecular weight is 403 g/mol. The van der Waals surface area contributed by atoms with Crippen LogP contribution in [0, 0.1) is 0 Å². The summed E-state index contributed by atoms with van der Waals surface area (Å²) in [6.07, 6.45) is 3.36. The van der Waals surface area contributed by atoms with Crippen molar-refractivity contribution in [2.75, 3.05) is 0 Å². The number of nitrogens with one attached hydrogen (secondary N) is 1.